The van der Waals surface area contributed by atoms with Gasteiger partial charge in [-0.05, 0) is 42.7 Å². The van der Waals surface area contributed by atoms with Gasteiger partial charge in [-0.15, -0.1) is 11.3 Å². The van der Waals surface area contributed by atoms with Gasteiger partial charge in [-0.3, -0.25) is 0 Å². The van der Waals surface area contributed by atoms with Crippen molar-refractivity contribution in [1.82, 2.24) is 4.90 Å². The third kappa shape index (κ3) is 2.90. The quantitative estimate of drug-likeness (QED) is 0.895. The summed E-state index contributed by atoms with van der Waals surface area (Å²) < 4.78 is 0. The van der Waals surface area contributed by atoms with E-state index in [2.05, 4.69) is 37.1 Å². The lowest BCUT2D eigenvalue weighted by Gasteiger charge is -2.39. The van der Waals surface area contributed by atoms with Gasteiger partial charge in [0.15, 0.2) is 0 Å². The highest BCUT2D eigenvalue weighted by atomic mass is 32.1. The molecule has 0 spiro atoms. The van der Waals surface area contributed by atoms with Gasteiger partial charge < -0.3 is 10.0 Å². The molecule has 1 aromatic rings. The number of aliphatic hydroxyl groups is 1. The molecule has 1 fully saturated rings. The molecule has 0 atom stereocenters. The SMILES string of the molecule is Cc1sccc1C1(O)CCN(CC(C)C)CC1. The van der Waals surface area contributed by atoms with Gasteiger partial charge in [0, 0.05) is 24.5 Å². The molecule has 1 aromatic heterocycles. The van der Waals surface area contributed by atoms with E-state index in [1.165, 1.54) is 4.88 Å². The highest BCUT2D eigenvalue weighted by molar-refractivity contribution is 7.10. The summed E-state index contributed by atoms with van der Waals surface area (Å²) in [6.45, 7) is 9.80. The van der Waals surface area contributed by atoms with E-state index in [1.54, 1.807) is 11.3 Å². The van der Waals surface area contributed by atoms with Crippen molar-refractivity contribution in [2.45, 2.75) is 39.2 Å². The van der Waals surface area contributed by atoms with Crippen LogP contribution in [0, 0.1) is 12.8 Å². The van der Waals surface area contributed by atoms with Crippen molar-refractivity contribution >= 4 is 11.3 Å². The second-order valence-electron chi connectivity index (χ2n) is 5.62. The van der Waals surface area contributed by atoms with Crippen molar-refractivity contribution < 1.29 is 5.11 Å². The maximum absolute atomic E-state index is 10.7. The van der Waals surface area contributed by atoms with Crippen LogP contribution in [-0.4, -0.2) is 29.6 Å². The number of aryl methyl sites for hydroxylation is 1. The number of thiophene rings is 1. The molecule has 0 unspecified atom stereocenters. The van der Waals surface area contributed by atoms with Crippen LogP contribution in [0.5, 0.6) is 0 Å². The van der Waals surface area contributed by atoms with E-state index in [4.69, 9.17) is 0 Å². The molecule has 96 valence electrons. The molecule has 1 saturated heterocycles. The number of nitrogens with zero attached hydrogens (tertiary/aromatic N) is 1. The number of hydrogen-bond donors (Lipinski definition) is 1. The molecule has 0 bridgehead atoms. The summed E-state index contributed by atoms with van der Waals surface area (Å²) in [5, 5.41) is 12.8. The van der Waals surface area contributed by atoms with Gasteiger partial charge in [-0.25, -0.2) is 0 Å². The Morgan fingerprint density at radius 1 is 1.41 bits per heavy atom. The first-order chi connectivity index (χ1) is 8.01. The largest absolute Gasteiger partial charge is 0.385 e. The molecule has 2 rings (SSSR count). The minimum Gasteiger partial charge on any atom is -0.385 e. The molecule has 1 N–H and O–H groups in total. The van der Waals surface area contributed by atoms with E-state index in [0.717, 1.165) is 38.0 Å². The lowest BCUT2D eigenvalue weighted by atomic mass is 9.84. The molecular formula is C14H23NOS. The monoisotopic (exact) mass is 253 g/mol. The van der Waals surface area contributed by atoms with Gasteiger partial charge in [0.05, 0.1) is 5.60 Å². The summed E-state index contributed by atoms with van der Waals surface area (Å²) in [7, 11) is 0. The van der Waals surface area contributed by atoms with Crippen LogP contribution >= 0.6 is 11.3 Å². The molecule has 1 aliphatic rings. The average molecular weight is 253 g/mol. The summed E-state index contributed by atoms with van der Waals surface area (Å²) in [6, 6.07) is 2.10. The van der Waals surface area contributed by atoms with Crippen LogP contribution < -0.4 is 0 Å². The van der Waals surface area contributed by atoms with E-state index >= 15 is 0 Å². The Bertz CT molecular complexity index is 364. The van der Waals surface area contributed by atoms with Crippen LogP contribution in [0.1, 0.15) is 37.1 Å². The summed E-state index contributed by atoms with van der Waals surface area (Å²) in [5.74, 6) is 0.712. The zero-order valence-corrected chi connectivity index (χ0v) is 11.9. The standard InChI is InChI=1S/C14H23NOS/c1-11(2)10-15-7-5-14(16,6-8-15)13-4-9-17-12(13)3/h4,9,11,16H,5-8,10H2,1-3H3. The van der Waals surface area contributed by atoms with Gasteiger partial charge in [0.1, 0.15) is 0 Å². The first-order valence-electron chi connectivity index (χ1n) is 6.50. The number of hydrogen-bond acceptors (Lipinski definition) is 3. The number of likely N-dealkylation sites (tertiary alicyclic amines) is 1. The molecular weight excluding hydrogens is 230 g/mol. The fourth-order valence-corrected chi connectivity index (χ4v) is 3.55. The van der Waals surface area contributed by atoms with Crippen LogP contribution in [0.25, 0.3) is 0 Å². The van der Waals surface area contributed by atoms with Gasteiger partial charge in [0.25, 0.3) is 0 Å². The average Bonchev–Trinajstić information content (AvgIpc) is 2.68. The summed E-state index contributed by atoms with van der Waals surface area (Å²) in [6.07, 6.45) is 1.74. The fourth-order valence-electron chi connectivity index (χ4n) is 2.76. The Hall–Kier alpha value is -0.380. The Labute approximate surface area is 108 Å². The Kier molecular flexibility index (Phi) is 3.91. The minimum absolute atomic E-state index is 0.572. The Balaban J connectivity index is 2.00. The highest BCUT2D eigenvalue weighted by Crippen LogP contribution is 2.36. The molecule has 0 aromatic carbocycles. The van der Waals surface area contributed by atoms with E-state index in [-0.39, 0.29) is 0 Å². The second-order valence-corrected chi connectivity index (χ2v) is 6.74. The molecule has 3 heteroatoms. The van der Waals surface area contributed by atoms with E-state index in [9.17, 15) is 5.11 Å². The van der Waals surface area contributed by atoms with Crippen LogP contribution in [-0.2, 0) is 5.60 Å². The van der Waals surface area contributed by atoms with Gasteiger partial charge in [-0.2, -0.15) is 0 Å². The Morgan fingerprint density at radius 3 is 2.53 bits per heavy atom. The lowest BCUT2D eigenvalue weighted by Crippen LogP contribution is -2.43. The van der Waals surface area contributed by atoms with Crippen molar-refractivity contribution in [3.05, 3.63) is 21.9 Å². The van der Waals surface area contributed by atoms with Gasteiger partial charge in [0.2, 0.25) is 0 Å². The first kappa shape index (κ1) is 13.1. The predicted molar refractivity (Wildman–Crippen MR) is 73.5 cm³/mol. The molecule has 17 heavy (non-hydrogen) atoms. The molecule has 0 radical (unpaired) electrons. The molecule has 1 aliphatic heterocycles. The third-order valence-corrected chi connectivity index (χ3v) is 4.51. The maximum Gasteiger partial charge on any atom is 0.0931 e. The second kappa shape index (κ2) is 5.09. The summed E-state index contributed by atoms with van der Waals surface area (Å²) in [5.41, 5.74) is 0.587. The zero-order chi connectivity index (χ0) is 12.5. The molecule has 0 amide bonds. The van der Waals surface area contributed by atoms with Crippen molar-refractivity contribution in [1.29, 1.82) is 0 Å². The van der Waals surface area contributed by atoms with Crippen LogP contribution in [0.4, 0.5) is 0 Å². The lowest BCUT2D eigenvalue weighted by molar-refractivity contribution is -0.0280. The molecule has 0 aliphatic carbocycles. The number of rotatable bonds is 3. The Morgan fingerprint density at radius 2 is 2.06 bits per heavy atom. The normalized spacial score (nSPS) is 21.0. The summed E-state index contributed by atoms with van der Waals surface area (Å²) in [4.78, 5) is 3.74. The van der Waals surface area contributed by atoms with Crippen molar-refractivity contribution in [2.75, 3.05) is 19.6 Å². The van der Waals surface area contributed by atoms with Crippen LogP contribution in [0.3, 0.4) is 0 Å². The predicted octanol–water partition coefficient (Wildman–Crippen LogP) is 3.00. The van der Waals surface area contributed by atoms with E-state index < -0.39 is 5.60 Å². The molecule has 2 nitrogen and oxygen atoms in total. The van der Waals surface area contributed by atoms with Crippen LogP contribution in [0.2, 0.25) is 0 Å². The summed E-state index contributed by atoms with van der Waals surface area (Å²) >= 11 is 1.73. The van der Waals surface area contributed by atoms with Crippen LogP contribution in [0.15, 0.2) is 11.4 Å². The van der Waals surface area contributed by atoms with Crippen molar-refractivity contribution in [3.63, 3.8) is 0 Å². The van der Waals surface area contributed by atoms with Gasteiger partial charge >= 0.3 is 0 Å². The number of piperidine rings is 1. The maximum atomic E-state index is 10.7. The van der Waals surface area contributed by atoms with E-state index in [0.29, 0.717) is 5.92 Å². The fraction of sp³-hybridized carbons (Fsp3) is 0.714. The zero-order valence-electron chi connectivity index (χ0n) is 11.1. The smallest absolute Gasteiger partial charge is 0.0931 e. The van der Waals surface area contributed by atoms with E-state index in [1.807, 2.05) is 0 Å². The topological polar surface area (TPSA) is 23.5 Å². The minimum atomic E-state index is -0.572. The highest BCUT2D eigenvalue weighted by Gasteiger charge is 2.35. The molecule has 0 saturated carbocycles. The third-order valence-electron chi connectivity index (χ3n) is 3.67. The molecule has 2 heterocycles. The van der Waals surface area contributed by atoms with Crippen molar-refractivity contribution in [2.24, 2.45) is 5.92 Å². The van der Waals surface area contributed by atoms with Crippen molar-refractivity contribution in [3.8, 4) is 0 Å². The van der Waals surface area contributed by atoms with Gasteiger partial charge in [-0.1, -0.05) is 13.8 Å². The first-order valence-corrected chi connectivity index (χ1v) is 7.38.